The van der Waals surface area contributed by atoms with Crippen molar-refractivity contribution in [1.82, 2.24) is 4.90 Å². The Labute approximate surface area is 125 Å². The number of hydrogen-bond acceptors (Lipinski definition) is 2. The monoisotopic (exact) mass is 302 g/mol. The summed E-state index contributed by atoms with van der Waals surface area (Å²) in [6.45, 7) is 4.17. The maximum Gasteiger partial charge on any atom is 0.253 e. The molecule has 0 spiro atoms. The van der Waals surface area contributed by atoms with Crippen LogP contribution in [0.25, 0.3) is 0 Å². The topological polar surface area (TPSA) is 46.3 Å². The van der Waals surface area contributed by atoms with E-state index in [1.807, 2.05) is 24.0 Å². The lowest BCUT2D eigenvalue weighted by Crippen LogP contribution is -2.42. The molecule has 1 aromatic rings. The minimum atomic E-state index is 0. The van der Waals surface area contributed by atoms with E-state index in [4.69, 9.17) is 17.3 Å². The average Bonchev–Trinajstić information content (AvgIpc) is 2.41. The molecular formula is C14H20Cl2N2O. The summed E-state index contributed by atoms with van der Waals surface area (Å²) in [5.74, 6) is 0.499. The smallest absolute Gasteiger partial charge is 0.253 e. The molecule has 0 aromatic heterocycles. The van der Waals surface area contributed by atoms with E-state index < -0.39 is 0 Å². The van der Waals surface area contributed by atoms with Crippen LogP contribution in [0.1, 0.15) is 28.8 Å². The summed E-state index contributed by atoms with van der Waals surface area (Å²) in [7, 11) is 0. The Morgan fingerprint density at radius 2 is 2.26 bits per heavy atom. The number of nitrogens with zero attached hydrogens (tertiary/aromatic N) is 1. The molecule has 0 aliphatic carbocycles. The lowest BCUT2D eigenvalue weighted by molar-refractivity contribution is 0.0678. The summed E-state index contributed by atoms with van der Waals surface area (Å²) in [5, 5.41) is 0.647. The van der Waals surface area contributed by atoms with Gasteiger partial charge < -0.3 is 10.6 Å². The van der Waals surface area contributed by atoms with Gasteiger partial charge in [0.25, 0.3) is 5.91 Å². The molecule has 1 atom stereocenters. The highest BCUT2D eigenvalue weighted by Gasteiger charge is 2.23. The molecule has 1 aromatic carbocycles. The highest BCUT2D eigenvalue weighted by molar-refractivity contribution is 6.31. The molecular weight excluding hydrogens is 283 g/mol. The summed E-state index contributed by atoms with van der Waals surface area (Å²) in [4.78, 5) is 14.2. The van der Waals surface area contributed by atoms with Crippen LogP contribution >= 0.6 is 24.0 Å². The lowest BCUT2D eigenvalue weighted by atomic mass is 9.97. The Kier molecular flexibility index (Phi) is 6.11. The van der Waals surface area contributed by atoms with E-state index in [0.29, 0.717) is 23.0 Å². The zero-order valence-corrected chi connectivity index (χ0v) is 12.6. The fourth-order valence-corrected chi connectivity index (χ4v) is 2.53. The number of likely N-dealkylation sites (tertiary alicyclic amines) is 1. The van der Waals surface area contributed by atoms with E-state index in [1.165, 1.54) is 0 Å². The normalized spacial score (nSPS) is 18.9. The van der Waals surface area contributed by atoms with Crippen LogP contribution in [-0.2, 0) is 0 Å². The number of rotatable bonds is 2. The van der Waals surface area contributed by atoms with Gasteiger partial charge in [0.05, 0.1) is 0 Å². The summed E-state index contributed by atoms with van der Waals surface area (Å²) in [5.41, 5.74) is 7.35. The van der Waals surface area contributed by atoms with Crippen molar-refractivity contribution < 1.29 is 4.79 Å². The van der Waals surface area contributed by atoms with E-state index in [-0.39, 0.29) is 18.3 Å². The van der Waals surface area contributed by atoms with Gasteiger partial charge in [0, 0.05) is 23.7 Å². The predicted octanol–water partition coefficient (Wildman–Crippen LogP) is 2.88. The molecule has 3 nitrogen and oxygen atoms in total. The van der Waals surface area contributed by atoms with Crippen LogP contribution in [0.4, 0.5) is 0 Å². The van der Waals surface area contributed by atoms with Gasteiger partial charge in [-0.3, -0.25) is 4.79 Å². The summed E-state index contributed by atoms with van der Waals surface area (Å²) < 4.78 is 0. The molecule has 0 bridgehead atoms. The van der Waals surface area contributed by atoms with E-state index in [2.05, 4.69) is 0 Å². The molecule has 0 saturated carbocycles. The molecule has 2 N–H and O–H groups in total. The van der Waals surface area contributed by atoms with Crippen LogP contribution in [0.2, 0.25) is 5.02 Å². The third-order valence-electron chi connectivity index (χ3n) is 3.56. The van der Waals surface area contributed by atoms with Crippen LogP contribution in [0.3, 0.4) is 0 Å². The number of piperidine rings is 1. The number of carbonyl (C=O) groups excluding carboxylic acids is 1. The lowest BCUT2D eigenvalue weighted by Gasteiger charge is -2.32. The molecule has 2 rings (SSSR count). The molecule has 0 radical (unpaired) electrons. The highest BCUT2D eigenvalue weighted by Crippen LogP contribution is 2.21. The van der Waals surface area contributed by atoms with E-state index in [9.17, 15) is 4.79 Å². The fraction of sp³-hybridized carbons (Fsp3) is 0.500. The number of amides is 1. The minimum Gasteiger partial charge on any atom is -0.338 e. The van der Waals surface area contributed by atoms with Crippen molar-refractivity contribution >= 4 is 29.9 Å². The first-order chi connectivity index (χ1) is 8.61. The van der Waals surface area contributed by atoms with Crippen molar-refractivity contribution in [1.29, 1.82) is 0 Å². The molecule has 1 unspecified atom stereocenters. The number of aryl methyl sites for hydroxylation is 1. The van der Waals surface area contributed by atoms with Crippen molar-refractivity contribution in [3.8, 4) is 0 Å². The molecule has 1 aliphatic rings. The SMILES string of the molecule is Cc1ccc(C(=O)N2CCCC(CN)C2)cc1Cl.Cl. The maximum absolute atomic E-state index is 12.4. The van der Waals surface area contributed by atoms with Crippen LogP contribution in [0.15, 0.2) is 18.2 Å². The van der Waals surface area contributed by atoms with Crippen molar-refractivity contribution in [2.24, 2.45) is 11.7 Å². The Balaban J connectivity index is 0.00000180. The van der Waals surface area contributed by atoms with Gasteiger partial charge in [0.1, 0.15) is 0 Å². The van der Waals surface area contributed by atoms with Gasteiger partial charge in [-0.2, -0.15) is 0 Å². The molecule has 106 valence electrons. The highest BCUT2D eigenvalue weighted by atomic mass is 35.5. The summed E-state index contributed by atoms with van der Waals surface area (Å²) in [6.07, 6.45) is 2.15. The van der Waals surface area contributed by atoms with Gasteiger partial charge in [0.2, 0.25) is 0 Å². The number of benzene rings is 1. The van der Waals surface area contributed by atoms with Crippen molar-refractivity contribution in [3.05, 3.63) is 34.3 Å². The Morgan fingerprint density at radius 1 is 1.53 bits per heavy atom. The largest absolute Gasteiger partial charge is 0.338 e. The second-order valence-electron chi connectivity index (χ2n) is 4.96. The third kappa shape index (κ3) is 3.85. The number of halogens is 2. The zero-order chi connectivity index (χ0) is 13.1. The number of hydrogen-bond donors (Lipinski definition) is 1. The van der Waals surface area contributed by atoms with Crippen molar-refractivity contribution in [2.75, 3.05) is 19.6 Å². The first kappa shape index (κ1) is 16.3. The second kappa shape index (κ2) is 7.13. The van der Waals surface area contributed by atoms with Gasteiger partial charge in [-0.05, 0) is 49.9 Å². The van der Waals surface area contributed by atoms with Gasteiger partial charge in [-0.1, -0.05) is 17.7 Å². The standard InChI is InChI=1S/C14H19ClN2O.ClH/c1-10-4-5-12(7-13(10)15)14(18)17-6-2-3-11(8-16)9-17;/h4-5,7,11H,2-3,6,8-9,16H2,1H3;1H. The molecule has 1 fully saturated rings. The molecule has 1 aliphatic heterocycles. The molecule has 1 amide bonds. The first-order valence-corrected chi connectivity index (χ1v) is 6.75. The van der Waals surface area contributed by atoms with Crippen LogP contribution in [0, 0.1) is 12.8 Å². The Hall–Kier alpha value is -0.770. The zero-order valence-electron chi connectivity index (χ0n) is 11.1. The van der Waals surface area contributed by atoms with Gasteiger partial charge in [0.15, 0.2) is 0 Å². The minimum absolute atomic E-state index is 0. The van der Waals surface area contributed by atoms with E-state index in [1.54, 1.807) is 6.07 Å². The number of carbonyl (C=O) groups is 1. The van der Waals surface area contributed by atoms with Gasteiger partial charge in [-0.15, -0.1) is 12.4 Å². The van der Waals surface area contributed by atoms with Crippen LogP contribution in [0.5, 0.6) is 0 Å². The Morgan fingerprint density at radius 3 is 2.89 bits per heavy atom. The van der Waals surface area contributed by atoms with Crippen LogP contribution < -0.4 is 5.73 Å². The molecule has 5 heteroatoms. The maximum atomic E-state index is 12.4. The quantitative estimate of drug-likeness (QED) is 0.913. The third-order valence-corrected chi connectivity index (χ3v) is 3.97. The average molecular weight is 303 g/mol. The summed E-state index contributed by atoms with van der Waals surface area (Å²) in [6, 6.07) is 5.49. The second-order valence-corrected chi connectivity index (χ2v) is 5.37. The van der Waals surface area contributed by atoms with E-state index >= 15 is 0 Å². The fourth-order valence-electron chi connectivity index (χ4n) is 2.35. The van der Waals surface area contributed by atoms with Crippen molar-refractivity contribution in [3.63, 3.8) is 0 Å². The van der Waals surface area contributed by atoms with Gasteiger partial charge >= 0.3 is 0 Å². The van der Waals surface area contributed by atoms with Crippen molar-refractivity contribution in [2.45, 2.75) is 19.8 Å². The summed E-state index contributed by atoms with van der Waals surface area (Å²) >= 11 is 6.06. The van der Waals surface area contributed by atoms with Gasteiger partial charge in [-0.25, -0.2) is 0 Å². The molecule has 1 saturated heterocycles. The number of nitrogens with two attached hydrogens (primary N) is 1. The predicted molar refractivity (Wildman–Crippen MR) is 81.1 cm³/mol. The molecule has 19 heavy (non-hydrogen) atoms. The Bertz CT molecular complexity index is 451. The van der Waals surface area contributed by atoms with E-state index in [0.717, 1.165) is 31.5 Å². The molecule has 1 heterocycles. The van der Waals surface area contributed by atoms with Crippen LogP contribution in [-0.4, -0.2) is 30.4 Å². The first-order valence-electron chi connectivity index (χ1n) is 6.37.